The standard InChI is InChI=1S/C20H21N5O/c1-5-14(3)26-17-7-6-15(8-13(17)2)16-9-18(22-10-16)25-20-12-23-19(21-4)11-24-20/h6-9,11-12,14H,5,10H2,1-3H3,(H,22,24,25)/t14-/m0/s1. The Hall–Kier alpha value is -3.20. The van der Waals surface area contributed by atoms with Crippen LogP contribution in [-0.4, -0.2) is 28.5 Å². The summed E-state index contributed by atoms with van der Waals surface area (Å²) in [4.78, 5) is 15.9. The lowest BCUT2D eigenvalue weighted by molar-refractivity contribution is 0.216. The fourth-order valence-corrected chi connectivity index (χ4v) is 2.53. The lowest BCUT2D eigenvalue weighted by atomic mass is 10.0. The van der Waals surface area contributed by atoms with Gasteiger partial charge >= 0.3 is 0 Å². The van der Waals surface area contributed by atoms with E-state index in [1.165, 1.54) is 12.4 Å². The zero-order valence-corrected chi connectivity index (χ0v) is 15.2. The zero-order valence-electron chi connectivity index (χ0n) is 15.2. The van der Waals surface area contributed by atoms with Gasteiger partial charge in [0.25, 0.3) is 5.82 Å². The highest BCUT2D eigenvalue weighted by Gasteiger charge is 2.13. The summed E-state index contributed by atoms with van der Waals surface area (Å²) < 4.78 is 5.93. The summed E-state index contributed by atoms with van der Waals surface area (Å²) in [6.07, 6.45) is 6.17. The Balaban J connectivity index is 1.70. The number of amidine groups is 1. The number of ether oxygens (including phenoxy) is 1. The van der Waals surface area contributed by atoms with Crippen LogP contribution < -0.4 is 10.1 Å². The molecule has 6 nitrogen and oxygen atoms in total. The smallest absolute Gasteiger partial charge is 0.288 e. The van der Waals surface area contributed by atoms with Crippen molar-refractivity contribution >= 4 is 23.0 Å². The SMILES string of the molecule is [C-]#[N+]c1cnc(NC2=NCC(c3ccc(O[C@@H](C)CC)c(C)c3)=C2)cn1. The number of hydrogen-bond acceptors (Lipinski definition) is 5. The minimum Gasteiger partial charge on any atom is -0.490 e. The van der Waals surface area contributed by atoms with Gasteiger partial charge in [0.05, 0.1) is 18.8 Å². The van der Waals surface area contributed by atoms with Crippen molar-refractivity contribution in [3.8, 4) is 5.75 Å². The van der Waals surface area contributed by atoms with E-state index in [-0.39, 0.29) is 11.9 Å². The Bertz CT molecular complexity index is 893. The van der Waals surface area contributed by atoms with Crippen LogP contribution in [0.4, 0.5) is 11.6 Å². The molecular weight excluding hydrogens is 326 g/mol. The summed E-state index contributed by atoms with van der Waals surface area (Å²) in [6, 6.07) is 6.23. The zero-order chi connectivity index (χ0) is 18.5. The molecular formula is C20H21N5O. The quantitative estimate of drug-likeness (QED) is 0.813. The predicted octanol–water partition coefficient (Wildman–Crippen LogP) is 4.42. The van der Waals surface area contributed by atoms with E-state index >= 15 is 0 Å². The summed E-state index contributed by atoms with van der Waals surface area (Å²) in [7, 11) is 0. The van der Waals surface area contributed by atoms with E-state index in [1.807, 2.05) is 12.1 Å². The molecule has 1 N–H and O–H groups in total. The number of hydrogen-bond donors (Lipinski definition) is 1. The summed E-state index contributed by atoms with van der Waals surface area (Å²) in [6.45, 7) is 13.8. The summed E-state index contributed by atoms with van der Waals surface area (Å²) >= 11 is 0. The summed E-state index contributed by atoms with van der Waals surface area (Å²) in [5.74, 6) is 2.51. The van der Waals surface area contributed by atoms with Crippen LogP contribution in [0.3, 0.4) is 0 Å². The first-order chi connectivity index (χ1) is 12.6. The number of nitrogens with zero attached hydrogens (tertiary/aromatic N) is 4. The Morgan fingerprint density at radius 2 is 2.15 bits per heavy atom. The van der Waals surface area contributed by atoms with Gasteiger partial charge in [-0.1, -0.05) is 19.6 Å². The molecule has 0 fully saturated rings. The number of aromatic nitrogens is 2. The van der Waals surface area contributed by atoms with Crippen LogP contribution in [0.2, 0.25) is 0 Å². The maximum atomic E-state index is 6.90. The van der Waals surface area contributed by atoms with Gasteiger partial charge in [0.2, 0.25) is 0 Å². The van der Waals surface area contributed by atoms with Crippen LogP contribution in [-0.2, 0) is 0 Å². The minimum atomic E-state index is 0.208. The van der Waals surface area contributed by atoms with E-state index in [9.17, 15) is 0 Å². The molecule has 26 heavy (non-hydrogen) atoms. The normalized spacial score (nSPS) is 14.2. The Morgan fingerprint density at radius 3 is 2.81 bits per heavy atom. The molecule has 0 saturated heterocycles. The summed E-state index contributed by atoms with van der Waals surface area (Å²) in [5.41, 5.74) is 3.39. The van der Waals surface area contributed by atoms with Crippen molar-refractivity contribution in [2.24, 2.45) is 4.99 Å². The topological polar surface area (TPSA) is 63.8 Å². The molecule has 0 bridgehead atoms. The minimum absolute atomic E-state index is 0.208. The van der Waals surface area contributed by atoms with E-state index in [1.54, 1.807) is 0 Å². The van der Waals surface area contributed by atoms with Crippen molar-refractivity contribution in [1.29, 1.82) is 0 Å². The van der Waals surface area contributed by atoms with Gasteiger partial charge < -0.3 is 14.9 Å². The molecule has 0 spiro atoms. The van der Waals surface area contributed by atoms with Gasteiger partial charge in [0.15, 0.2) is 12.0 Å². The highest BCUT2D eigenvalue weighted by molar-refractivity contribution is 6.10. The first-order valence-corrected chi connectivity index (χ1v) is 8.58. The number of benzene rings is 1. The fraction of sp³-hybridized carbons (Fsp3) is 0.300. The van der Waals surface area contributed by atoms with Gasteiger partial charge in [-0.05, 0) is 55.2 Å². The molecule has 2 aromatic rings. The summed E-state index contributed by atoms with van der Waals surface area (Å²) in [5, 5.41) is 3.12. The van der Waals surface area contributed by atoms with Crippen molar-refractivity contribution < 1.29 is 4.74 Å². The molecule has 0 radical (unpaired) electrons. The van der Waals surface area contributed by atoms with Crippen LogP contribution >= 0.6 is 0 Å². The van der Waals surface area contributed by atoms with Crippen LogP contribution in [0.15, 0.2) is 41.7 Å². The molecule has 1 atom stereocenters. The van der Waals surface area contributed by atoms with E-state index in [0.717, 1.165) is 34.7 Å². The number of nitrogens with one attached hydrogen (secondary N) is 1. The third kappa shape index (κ3) is 4.06. The first kappa shape index (κ1) is 17.6. The molecule has 0 unspecified atom stereocenters. The lowest BCUT2D eigenvalue weighted by Gasteiger charge is -2.15. The fourth-order valence-electron chi connectivity index (χ4n) is 2.53. The average Bonchev–Trinajstić information content (AvgIpc) is 3.12. The predicted molar refractivity (Wildman–Crippen MR) is 104 cm³/mol. The Kier molecular flexibility index (Phi) is 5.28. The van der Waals surface area contributed by atoms with Crippen molar-refractivity contribution in [1.82, 2.24) is 9.97 Å². The number of aryl methyl sites for hydroxylation is 1. The third-order valence-corrected chi connectivity index (χ3v) is 4.19. The molecule has 6 heteroatoms. The molecule has 0 amide bonds. The molecule has 132 valence electrons. The monoisotopic (exact) mass is 347 g/mol. The molecule has 1 aromatic carbocycles. The molecule has 2 heterocycles. The maximum Gasteiger partial charge on any atom is 0.288 e. The Labute approximate surface area is 153 Å². The highest BCUT2D eigenvalue weighted by Crippen LogP contribution is 2.26. The molecule has 1 aliphatic rings. The van der Waals surface area contributed by atoms with Gasteiger partial charge in [-0.25, -0.2) is 4.98 Å². The van der Waals surface area contributed by atoms with E-state index in [4.69, 9.17) is 11.3 Å². The van der Waals surface area contributed by atoms with Crippen LogP contribution in [0.5, 0.6) is 5.75 Å². The van der Waals surface area contributed by atoms with Crippen molar-refractivity contribution in [2.45, 2.75) is 33.3 Å². The van der Waals surface area contributed by atoms with Crippen molar-refractivity contribution in [2.75, 3.05) is 11.9 Å². The molecule has 0 aliphatic carbocycles. The number of aliphatic imine (C=N–C) groups is 1. The second-order valence-electron chi connectivity index (χ2n) is 6.18. The molecule has 0 saturated carbocycles. The van der Waals surface area contributed by atoms with Gasteiger partial charge in [0, 0.05) is 0 Å². The van der Waals surface area contributed by atoms with Gasteiger partial charge in [-0.3, -0.25) is 4.99 Å². The van der Waals surface area contributed by atoms with Crippen LogP contribution in [0, 0.1) is 13.5 Å². The van der Waals surface area contributed by atoms with E-state index in [2.05, 4.69) is 58.0 Å². The molecule has 1 aliphatic heterocycles. The lowest BCUT2D eigenvalue weighted by Crippen LogP contribution is -2.10. The molecule has 3 rings (SSSR count). The van der Waals surface area contributed by atoms with Crippen LogP contribution in [0.25, 0.3) is 10.4 Å². The van der Waals surface area contributed by atoms with E-state index in [0.29, 0.717) is 12.4 Å². The van der Waals surface area contributed by atoms with Crippen molar-refractivity contribution in [3.63, 3.8) is 0 Å². The highest BCUT2D eigenvalue weighted by atomic mass is 16.5. The second kappa shape index (κ2) is 7.79. The first-order valence-electron chi connectivity index (χ1n) is 8.58. The third-order valence-electron chi connectivity index (χ3n) is 4.19. The van der Waals surface area contributed by atoms with Crippen molar-refractivity contribution in [3.05, 3.63) is 59.2 Å². The van der Waals surface area contributed by atoms with Gasteiger partial charge in [-0.2, -0.15) is 0 Å². The second-order valence-corrected chi connectivity index (χ2v) is 6.18. The number of rotatable bonds is 5. The maximum absolute atomic E-state index is 6.90. The van der Waals surface area contributed by atoms with Gasteiger partial charge in [0.1, 0.15) is 11.6 Å². The average molecular weight is 347 g/mol. The largest absolute Gasteiger partial charge is 0.490 e. The van der Waals surface area contributed by atoms with Crippen LogP contribution in [0.1, 0.15) is 31.4 Å². The number of anilines is 1. The van der Waals surface area contributed by atoms with E-state index < -0.39 is 0 Å². The molecule has 1 aromatic heterocycles. The van der Waals surface area contributed by atoms with Gasteiger partial charge in [-0.15, -0.1) is 4.98 Å². The Morgan fingerprint density at radius 1 is 1.31 bits per heavy atom.